The molecule has 2 aromatic rings. The summed E-state index contributed by atoms with van der Waals surface area (Å²) in [7, 11) is -1.67. The van der Waals surface area contributed by atoms with Crippen molar-refractivity contribution in [3.8, 4) is 0 Å². The third-order valence-electron chi connectivity index (χ3n) is 3.39. The summed E-state index contributed by atoms with van der Waals surface area (Å²) in [4.78, 5) is 2.31. The van der Waals surface area contributed by atoms with E-state index in [0.717, 1.165) is 25.1 Å². The summed E-state index contributed by atoms with van der Waals surface area (Å²) in [5.74, 6) is 0.177. The van der Waals surface area contributed by atoms with Crippen LogP contribution in [0.15, 0.2) is 39.9 Å². The van der Waals surface area contributed by atoms with E-state index in [9.17, 15) is 8.42 Å². The molecule has 0 fully saturated rings. The van der Waals surface area contributed by atoms with Gasteiger partial charge >= 0.3 is 0 Å². The Labute approximate surface area is 117 Å². The van der Waals surface area contributed by atoms with E-state index in [4.69, 9.17) is 0 Å². The molecule has 1 aliphatic heterocycles. The van der Waals surface area contributed by atoms with Crippen LogP contribution in [0.4, 0.5) is 11.5 Å². The van der Waals surface area contributed by atoms with Gasteiger partial charge in [-0.15, -0.1) is 0 Å². The third-order valence-corrected chi connectivity index (χ3v) is 4.75. The Kier molecular flexibility index (Phi) is 3.13. The predicted molar refractivity (Wildman–Crippen MR) is 75.3 cm³/mol. The molecule has 0 saturated carbocycles. The van der Waals surface area contributed by atoms with Gasteiger partial charge in [-0.25, -0.2) is 8.42 Å². The van der Waals surface area contributed by atoms with E-state index in [1.807, 2.05) is 13.1 Å². The van der Waals surface area contributed by atoms with Gasteiger partial charge in [-0.2, -0.15) is 0 Å². The number of benzene rings is 1. The molecule has 2 heterocycles. The first-order chi connectivity index (χ1) is 9.56. The largest absolute Gasteiger partial charge is 0.374 e. The van der Waals surface area contributed by atoms with Crippen LogP contribution in [0.25, 0.3) is 0 Å². The molecule has 3 rings (SSSR count). The lowest BCUT2D eigenvalue weighted by atomic mass is 10.0. The minimum Gasteiger partial charge on any atom is -0.374 e. The normalized spacial score (nSPS) is 14.9. The molecule has 0 spiro atoms. The Morgan fingerprint density at radius 3 is 2.95 bits per heavy atom. The molecular weight excluding hydrogens is 278 g/mol. The van der Waals surface area contributed by atoms with Crippen LogP contribution in [0.3, 0.4) is 0 Å². The monoisotopic (exact) mass is 293 g/mol. The van der Waals surface area contributed by atoms with Crippen molar-refractivity contribution < 1.29 is 12.9 Å². The summed E-state index contributed by atoms with van der Waals surface area (Å²) in [6, 6.07) is 6.67. The fourth-order valence-electron chi connectivity index (χ4n) is 2.37. The zero-order valence-electron chi connectivity index (χ0n) is 11.0. The minimum absolute atomic E-state index is 0.177. The number of aryl methyl sites for hydroxylation is 1. The van der Waals surface area contributed by atoms with Gasteiger partial charge in [0.1, 0.15) is 6.26 Å². The maximum absolute atomic E-state index is 12.3. The first-order valence-electron chi connectivity index (χ1n) is 6.33. The van der Waals surface area contributed by atoms with Gasteiger partial charge in [-0.1, -0.05) is 11.2 Å². The molecule has 0 atom stereocenters. The minimum atomic E-state index is -3.64. The molecule has 1 N–H and O–H groups in total. The maximum Gasteiger partial charge on any atom is 0.263 e. The van der Waals surface area contributed by atoms with E-state index in [1.165, 1.54) is 17.9 Å². The van der Waals surface area contributed by atoms with Crippen LogP contribution < -0.4 is 9.62 Å². The van der Waals surface area contributed by atoms with E-state index in [1.54, 1.807) is 12.1 Å². The van der Waals surface area contributed by atoms with Crippen molar-refractivity contribution in [3.05, 3.63) is 36.1 Å². The average Bonchev–Trinajstić information content (AvgIpc) is 2.91. The molecule has 0 radical (unpaired) electrons. The van der Waals surface area contributed by atoms with Gasteiger partial charge in [0.2, 0.25) is 0 Å². The van der Waals surface area contributed by atoms with Crippen molar-refractivity contribution in [1.82, 2.24) is 5.16 Å². The summed E-state index contributed by atoms with van der Waals surface area (Å²) >= 11 is 0. The molecule has 6 nitrogen and oxygen atoms in total. The van der Waals surface area contributed by atoms with Gasteiger partial charge < -0.3 is 9.42 Å². The number of nitrogens with zero attached hydrogens (tertiary/aromatic N) is 2. The molecule has 20 heavy (non-hydrogen) atoms. The molecule has 1 aromatic heterocycles. The molecule has 0 amide bonds. The van der Waals surface area contributed by atoms with Crippen LogP contribution in [-0.4, -0.2) is 27.2 Å². The molecule has 0 aliphatic carbocycles. The molecule has 106 valence electrons. The summed E-state index contributed by atoms with van der Waals surface area (Å²) in [6.45, 7) is 0.938. The summed E-state index contributed by atoms with van der Waals surface area (Å²) in [6.07, 6.45) is 3.39. The second-order valence-electron chi connectivity index (χ2n) is 4.81. The van der Waals surface area contributed by atoms with Crippen molar-refractivity contribution in [2.75, 3.05) is 23.2 Å². The highest BCUT2D eigenvalue weighted by molar-refractivity contribution is 7.92. The molecule has 0 unspecified atom stereocenters. The van der Waals surface area contributed by atoms with E-state index < -0.39 is 10.0 Å². The first kappa shape index (κ1) is 13.0. The van der Waals surface area contributed by atoms with Crippen molar-refractivity contribution in [2.24, 2.45) is 0 Å². The molecule has 1 aromatic carbocycles. The van der Waals surface area contributed by atoms with Gasteiger partial charge in [0.25, 0.3) is 10.0 Å². The second kappa shape index (κ2) is 4.82. The van der Waals surface area contributed by atoms with Crippen LogP contribution in [0.2, 0.25) is 0 Å². The van der Waals surface area contributed by atoms with E-state index in [0.29, 0.717) is 0 Å². The lowest BCUT2D eigenvalue weighted by molar-refractivity contribution is 0.423. The predicted octanol–water partition coefficient (Wildman–Crippen LogP) is 1.86. The Morgan fingerprint density at radius 1 is 1.35 bits per heavy atom. The Morgan fingerprint density at radius 2 is 2.20 bits per heavy atom. The molecule has 7 heteroatoms. The highest BCUT2D eigenvalue weighted by Gasteiger charge is 2.20. The fourth-order valence-corrected chi connectivity index (χ4v) is 3.38. The molecule has 1 aliphatic rings. The van der Waals surface area contributed by atoms with E-state index >= 15 is 0 Å². The third kappa shape index (κ3) is 2.36. The van der Waals surface area contributed by atoms with E-state index in [2.05, 4.69) is 19.3 Å². The summed E-state index contributed by atoms with van der Waals surface area (Å²) in [5, 5.41) is 3.55. The van der Waals surface area contributed by atoms with Gasteiger partial charge in [0.05, 0.1) is 4.90 Å². The summed E-state index contributed by atoms with van der Waals surface area (Å²) in [5.41, 5.74) is 2.15. The van der Waals surface area contributed by atoms with Gasteiger partial charge in [-0.3, -0.25) is 4.72 Å². The van der Waals surface area contributed by atoms with Crippen molar-refractivity contribution in [2.45, 2.75) is 17.7 Å². The lowest BCUT2D eigenvalue weighted by Gasteiger charge is -2.27. The van der Waals surface area contributed by atoms with Crippen LogP contribution in [-0.2, 0) is 16.4 Å². The van der Waals surface area contributed by atoms with Crippen LogP contribution in [0.5, 0.6) is 0 Å². The lowest BCUT2D eigenvalue weighted by Crippen LogP contribution is -2.25. The van der Waals surface area contributed by atoms with Crippen LogP contribution >= 0.6 is 0 Å². The zero-order chi connectivity index (χ0) is 14.2. The molecule has 0 saturated heterocycles. The number of aromatic nitrogens is 1. The quantitative estimate of drug-likeness (QED) is 0.934. The molecule has 0 bridgehead atoms. The first-order valence-corrected chi connectivity index (χ1v) is 7.82. The number of nitrogens with one attached hydrogen (secondary N) is 1. The van der Waals surface area contributed by atoms with Gasteiger partial charge in [-0.05, 0) is 30.5 Å². The van der Waals surface area contributed by atoms with Crippen molar-refractivity contribution in [3.63, 3.8) is 0 Å². The number of hydrogen-bond donors (Lipinski definition) is 1. The van der Waals surface area contributed by atoms with Crippen LogP contribution in [0.1, 0.15) is 12.0 Å². The smallest absolute Gasteiger partial charge is 0.263 e. The number of anilines is 2. The number of hydrogen-bond acceptors (Lipinski definition) is 5. The van der Waals surface area contributed by atoms with Crippen LogP contribution in [0, 0.1) is 0 Å². The van der Waals surface area contributed by atoms with Gasteiger partial charge in [0.15, 0.2) is 5.82 Å². The number of fused-ring (bicyclic) bond motifs is 1. The zero-order valence-corrected chi connectivity index (χ0v) is 11.9. The maximum atomic E-state index is 12.3. The Hall–Kier alpha value is -2.02. The fraction of sp³-hybridized carbons (Fsp3) is 0.308. The Balaban J connectivity index is 1.96. The second-order valence-corrected chi connectivity index (χ2v) is 6.49. The number of sulfonamides is 1. The van der Waals surface area contributed by atoms with Crippen molar-refractivity contribution in [1.29, 1.82) is 0 Å². The van der Waals surface area contributed by atoms with Gasteiger partial charge in [0, 0.05) is 25.3 Å². The highest BCUT2D eigenvalue weighted by atomic mass is 32.2. The van der Waals surface area contributed by atoms with E-state index in [-0.39, 0.29) is 10.7 Å². The molecular formula is C13H15N3O3S. The average molecular weight is 293 g/mol. The number of rotatable bonds is 3. The highest BCUT2D eigenvalue weighted by Crippen LogP contribution is 2.29. The SMILES string of the molecule is CN1CCCc2ccc(S(=O)(=O)Nc3ccon3)cc21. The van der Waals surface area contributed by atoms with Crippen molar-refractivity contribution >= 4 is 21.5 Å². The standard InChI is InChI=1S/C13H15N3O3S/c1-16-7-2-3-10-4-5-11(9-12(10)16)20(17,18)15-13-6-8-19-14-13/h4-6,8-9H,2-3,7H2,1H3,(H,14,15). The summed E-state index contributed by atoms with van der Waals surface area (Å²) < 4.78 is 31.6. The Bertz CT molecular complexity index is 710. The topological polar surface area (TPSA) is 75.4 Å².